The van der Waals surface area contributed by atoms with E-state index in [2.05, 4.69) is 31.9 Å². The maximum atomic E-state index is 15.5. The van der Waals surface area contributed by atoms with Crippen LogP contribution < -0.4 is 31.9 Å². The molecule has 0 saturated carbocycles. The smallest absolute Gasteiger partial charge is 0.255 e. The molecule has 524 valence electrons. The van der Waals surface area contributed by atoms with Gasteiger partial charge in [0.2, 0.25) is 59.1 Å². The Bertz CT molecular complexity index is 3000. The SMILES string of the molecule is CC[C@H](C)[C@H]1C(=O)NCC(=O)N(C)[C@@H](CC(C)C)C(=O)N[C@@H]([C@@H](C)O)C(=O)N2CCC[C@H]2C(=O)N[C@@H](Cc2ccccc2)C(=O)N[C@H](C(=O)N2CCCCC2)C(=O)N2CCCC[C@H]2C(=O)N[C@@H](Cc2ccccc2)C(=O)N(C)[C@@H](CC(C)C)C(=O)N[C@@H](CC(C)C)C(=O)N1C. The van der Waals surface area contributed by atoms with Gasteiger partial charge in [-0.1, -0.05) is 122 Å². The van der Waals surface area contributed by atoms with Gasteiger partial charge in [0.15, 0.2) is 6.04 Å². The van der Waals surface area contributed by atoms with Crippen LogP contribution in [0.1, 0.15) is 150 Å². The first-order chi connectivity index (χ1) is 45.0. The molecule has 12 atom stereocenters. The molecule has 4 heterocycles. The molecule has 12 amide bonds. The molecule has 2 aromatic carbocycles. The molecular weight excluding hydrogens is 1220 g/mol. The van der Waals surface area contributed by atoms with Gasteiger partial charge >= 0.3 is 0 Å². The van der Waals surface area contributed by atoms with Crippen LogP contribution in [0.25, 0.3) is 0 Å². The summed E-state index contributed by atoms with van der Waals surface area (Å²) in [5, 5.41) is 28.1. The van der Waals surface area contributed by atoms with Gasteiger partial charge in [-0.15, -0.1) is 0 Å². The van der Waals surface area contributed by atoms with Crippen molar-refractivity contribution in [1.82, 2.24) is 61.3 Å². The van der Waals surface area contributed by atoms with Gasteiger partial charge in [0, 0.05) is 60.2 Å². The van der Waals surface area contributed by atoms with Crippen molar-refractivity contribution in [3.8, 4) is 0 Å². The Balaban J connectivity index is 1.47. The second-order valence-electron chi connectivity index (χ2n) is 27.7. The van der Waals surface area contributed by atoms with Gasteiger partial charge in [0.1, 0.15) is 54.4 Å². The topological polar surface area (TPSA) is 317 Å². The number of piperidine rings is 2. The van der Waals surface area contributed by atoms with Gasteiger partial charge in [-0.2, -0.15) is 0 Å². The van der Waals surface area contributed by atoms with Crippen LogP contribution in [0.5, 0.6) is 0 Å². The summed E-state index contributed by atoms with van der Waals surface area (Å²) in [6, 6.07) is 4.05. The molecule has 0 bridgehead atoms. The normalized spacial score (nSPS) is 26.9. The second-order valence-corrected chi connectivity index (χ2v) is 27.7. The van der Waals surface area contributed by atoms with Crippen LogP contribution >= 0.6 is 0 Å². The number of nitrogens with one attached hydrogen (secondary N) is 6. The zero-order chi connectivity index (χ0) is 70.0. The maximum Gasteiger partial charge on any atom is 0.255 e. The molecule has 4 saturated heterocycles. The van der Waals surface area contributed by atoms with E-state index >= 15 is 24.0 Å². The summed E-state index contributed by atoms with van der Waals surface area (Å²) in [4.78, 5) is 187. The molecule has 6 rings (SSSR count). The zero-order valence-corrected chi connectivity index (χ0v) is 57.9. The van der Waals surface area contributed by atoms with Crippen LogP contribution in [0.4, 0.5) is 0 Å². The minimum absolute atomic E-state index is 0.00449. The van der Waals surface area contributed by atoms with Crippen molar-refractivity contribution in [2.24, 2.45) is 23.7 Å². The van der Waals surface area contributed by atoms with Crippen molar-refractivity contribution in [3.63, 3.8) is 0 Å². The molecule has 4 fully saturated rings. The standard InChI is InChI=1S/C70H106N12O13/c1-13-45(8)59-65(90)71-41-56(84)77(10)54(37-43(4)5)64(89)75-57(46(9)83)69(94)82-35-25-31-53(82)61(86)72-49(39-47-26-17-14-18-27-47)60(85)76-58(68(93)80-32-22-16-23-33-80)70(95)81-34-24-21-30-52(81)62(87)74-51(40-48-28-19-15-20-29-48)66(91)78(11)55(38-44(6)7)63(88)73-50(36-42(2)3)67(92)79(59)12/h14-15,17-20,26-29,42-46,49-55,57-59,83H,13,16,21-25,30-41H2,1-12H3,(H,71,90)(H,72,86)(H,73,88)(H,74,87)(H,75,89)(H,76,85)/t45-,46+,49-,50-,51-,52-,53-,54-,55-,57-,58+,59-/m0/s1. The lowest BCUT2D eigenvalue weighted by Crippen LogP contribution is -2.65. The highest BCUT2D eigenvalue weighted by molar-refractivity contribution is 6.09. The zero-order valence-electron chi connectivity index (χ0n) is 57.9. The fourth-order valence-electron chi connectivity index (χ4n) is 13.3. The summed E-state index contributed by atoms with van der Waals surface area (Å²) in [7, 11) is 4.28. The van der Waals surface area contributed by atoms with E-state index in [1.165, 1.54) is 52.6 Å². The molecule has 0 spiro atoms. The van der Waals surface area contributed by atoms with Gasteiger partial charge in [0.25, 0.3) is 11.8 Å². The highest BCUT2D eigenvalue weighted by Crippen LogP contribution is 2.26. The molecule has 0 aliphatic carbocycles. The van der Waals surface area contributed by atoms with Crippen molar-refractivity contribution in [3.05, 3.63) is 71.8 Å². The second kappa shape index (κ2) is 35.7. The molecule has 4 aliphatic heterocycles. The van der Waals surface area contributed by atoms with Crippen molar-refractivity contribution in [2.75, 3.05) is 53.9 Å². The van der Waals surface area contributed by atoms with Crippen LogP contribution in [0, 0.1) is 23.7 Å². The molecule has 25 nitrogen and oxygen atoms in total. The predicted octanol–water partition coefficient (Wildman–Crippen LogP) is 2.46. The third-order valence-electron chi connectivity index (χ3n) is 18.9. The first-order valence-electron chi connectivity index (χ1n) is 34.3. The fourth-order valence-corrected chi connectivity index (χ4v) is 13.3. The number of likely N-dealkylation sites (N-methyl/N-ethyl adjacent to an activating group) is 3. The number of aliphatic hydroxyl groups excluding tert-OH is 1. The maximum absolute atomic E-state index is 15.5. The third kappa shape index (κ3) is 20.5. The lowest BCUT2D eigenvalue weighted by atomic mass is 9.94. The summed E-state index contributed by atoms with van der Waals surface area (Å²) < 4.78 is 0. The Morgan fingerprint density at radius 3 is 1.51 bits per heavy atom. The number of hydrogen-bond donors (Lipinski definition) is 7. The van der Waals surface area contributed by atoms with Gasteiger partial charge in [0.05, 0.1) is 12.6 Å². The molecular formula is C70H106N12O13. The Morgan fingerprint density at radius 1 is 0.484 bits per heavy atom. The van der Waals surface area contributed by atoms with Crippen molar-refractivity contribution >= 4 is 70.9 Å². The monoisotopic (exact) mass is 1320 g/mol. The molecule has 2 aromatic rings. The lowest BCUT2D eigenvalue weighted by molar-refractivity contribution is -0.152. The first-order valence-corrected chi connectivity index (χ1v) is 34.3. The third-order valence-corrected chi connectivity index (χ3v) is 18.9. The van der Waals surface area contributed by atoms with Crippen molar-refractivity contribution < 1.29 is 62.6 Å². The quantitative estimate of drug-likeness (QED) is 0.134. The van der Waals surface area contributed by atoms with E-state index in [9.17, 15) is 38.7 Å². The van der Waals surface area contributed by atoms with Crippen LogP contribution in [0.2, 0.25) is 0 Å². The molecule has 0 radical (unpaired) electrons. The summed E-state index contributed by atoms with van der Waals surface area (Å²) in [5.41, 5.74) is 1.25. The van der Waals surface area contributed by atoms with Gasteiger partial charge in [-0.25, -0.2) is 0 Å². The lowest BCUT2D eigenvalue weighted by Gasteiger charge is -2.39. The number of amides is 12. The fraction of sp³-hybridized carbons (Fsp3) is 0.657. The van der Waals surface area contributed by atoms with E-state index in [0.29, 0.717) is 49.7 Å². The number of nitrogens with zero attached hydrogens (tertiary/aromatic N) is 6. The molecule has 25 heteroatoms. The molecule has 95 heavy (non-hydrogen) atoms. The van der Waals surface area contributed by atoms with E-state index in [1.807, 2.05) is 48.5 Å². The number of aliphatic hydroxyl groups is 1. The van der Waals surface area contributed by atoms with Gasteiger partial charge in [-0.05, 0) is 112 Å². The Morgan fingerprint density at radius 2 is 0.958 bits per heavy atom. The average Bonchev–Trinajstić information content (AvgIpc) is 1.71. The minimum atomic E-state index is -1.89. The van der Waals surface area contributed by atoms with Gasteiger partial charge < -0.3 is 66.4 Å². The minimum Gasteiger partial charge on any atom is -0.391 e. The number of fused-ring (bicyclic) bond motifs is 2. The number of hydrogen-bond acceptors (Lipinski definition) is 13. The summed E-state index contributed by atoms with van der Waals surface area (Å²) in [6.07, 6.45) is 2.58. The highest BCUT2D eigenvalue weighted by atomic mass is 16.3. The summed E-state index contributed by atoms with van der Waals surface area (Å²) in [5.74, 6) is -9.98. The van der Waals surface area contributed by atoms with E-state index in [4.69, 9.17) is 0 Å². The molecule has 0 aromatic heterocycles. The predicted molar refractivity (Wildman–Crippen MR) is 357 cm³/mol. The summed E-state index contributed by atoms with van der Waals surface area (Å²) in [6.45, 7) is 16.0. The molecule has 0 unspecified atom stereocenters. The van der Waals surface area contributed by atoms with E-state index in [0.717, 1.165) is 11.3 Å². The number of likely N-dealkylation sites (tertiary alicyclic amines) is 1. The van der Waals surface area contributed by atoms with E-state index in [1.54, 1.807) is 67.6 Å². The van der Waals surface area contributed by atoms with Crippen LogP contribution in [0.15, 0.2) is 60.7 Å². The van der Waals surface area contributed by atoms with Gasteiger partial charge in [-0.3, -0.25) is 57.5 Å². The average molecular weight is 1320 g/mol. The Kier molecular flexibility index (Phi) is 28.6. The Hall–Kier alpha value is -7.96. The first kappa shape index (κ1) is 76.1. The summed E-state index contributed by atoms with van der Waals surface area (Å²) >= 11 is 0. The highest BCUT2D eigenvalue weighted by Gasteiger charge is 2.46. The van der Waals surface area contributed by atoms with Crippen LogP contribution in [0.3, 0.4) is 0 Å². The largest absolute Gasteiger partial charge is 0.391 e. The van der Waals surface area contributed by atoms with Crippen molar-refractivity contribution in [1.29, 1.82) is 0 Å². The van der Waals surface area contributed by atoms with Crippen molar-refractivity contribution in [2.45, 2.75) is 219 Å². The Labute approximate surface area is 560 Å². The number of benzene rings is 2. The molecule has 7 N–H and O–H groups in total. The van der Waals surface area contributed by atoms with E-state index < -0.39 is 150 Å². The number of carbonyl (C=O) groups excluding carboxylic acids is 12. The van der Waals surface area contributed by atoms with E-state index in [-0.39, 0.29) is 88.9 Å². The van der Waals surface area contributed by atoms with Crippen LogP contribution in [-0.4, -0.2) is 226 Å². The van der Waals surface area contributed by atoms with Crippen LogP contribution in [-0.2, 0) is 70.4 Å². The molecule has 4 aliphatic rings. The number of rotatable bonds is 14. The number of carbonyl (C=O) groups is 12.